The van der Waals surface area contributed by atoms with E-state index in [1.54, 1.807) is 11.3 Å². The molecule has 1 fully saturated rings. The molecule has 0 saturated carbocycles. The van der Waals surface area contributed by atoms with Crippen molar-refractivity contribution in [2.24, 2.45) is 5.92 Å². The molecule has 1 aliphatic rings. The molecule has 1 aliphatic heterocycles. The minimum atomic E-state index is -0.316. The smallest absolute Gasteiger partial charge is 0.142 e. The SMILES string of the molecule is O=C(Cc1cc2cc(-c3cncs3)ccc2cn1)C1CCN(CCF)CC1. The quantitative estimate of drug-likeness (QED) is 0.641. The van der Waals surface area contributed by atoms with Crippen LogP contribution < -0.4 is 0 Å². The van der Waals surface area contributed by atoms with Crippen molar-refractivity contribution in [2.75, 3.05) is 26.3 Å². The van der Waals surface area contributed by atoms with Crippen LogP contribution in [0.4, 0.5) is 4.39 Å². The lowest BCUT2D eigenvalue weighted by atomic mass is 9.90. The fourth-order valence-electron chi connectivity index (χ4n) is 3.72. The number of benzene rings is 1. The van der Waals surface area contributed by atoms with Gasteiger partial charge >= 0.3 is 0 Å². The lowest BCUT2D eigenvalue weighted by Crippen LogP contribution is -2.37. The van der Waals surface area contributed by atoms with Crippen molar-refractivity contribution < 1.29 is 9.18 Å². The average Bonchev–Trinajstić information content (AvgIpc) is 3.23. The fraction of sp³-hybridized carbons (Fsp3) is 0.381. The van der Waals surface area contributed by atoms with Gasteiger partial charge in [0.2, 0.25) is 0 Å². The topological polar surface area (TPSA) is 46.1 Å². The molecule has 0 spiro atoms. The number of hydrogen-bond acceptors (Lipinski definition) is 5. The number of piperidine rings is 1. The van der Waals surface area contributed by atoms with Crippen LogP contribution >= 0.6 is 11.3 Å². The molecule has 1 saturated heterocycles. The Morgan fingerprint density at radius 1 is 1.19 bits per heavy atom. The van der Waals surface area contributed by atoms with Gasteiger partial charge < -0.3 is 4.90 Å². The Balaban J connectivity index is 1.46. The van der Waals surface area contributed by atoms with Crippen molar-refractivity contribution in [3.63, 3.8) is 0 Å². The normalized spacial score (nSPS) is 16.0. The Bertz CT molecular complexity index is 920. The van der Waals surface area contributed by atoms with Crippen molar-refractivity contribution in [2.45, 2.75) is 19.3 Å². The molecule has 0 radical (unpaired) electrons. The van der Waals surface area contributed by atoms with Crippen LogP contribution in [0, 0.1) is 5.92 Å². The second-order valence-electron chi connectivity index (χ2n) is 7.05. The third-order valence-corrected chi connectivity index (χ3v) is 6.12. The molecule has 0 unspecified atom stereocenters. The van der Waals surface area contributed by atoms with Crippen molar-refractivity contribution in [3.8, 4) is 10.4 Å². The molecule has 2 aromatic heterocycles. The molecule has 0 amide bonds. The Hall–Kier alpha value is -2.18. The minimum absolute atomic E-state index is 0.0712. The van der Waals surface area contributed by atoms with Gasteiger partial charge in [-0.3, -0.25) is 14.8 Å². The molecule has 0 bridgehead atoms. The molecule has 3 heterocycles. The third-order valence-electron chi connectivity index (χ3n) is 5.29. The molecule has 4 nitrogen and oxygen atoms in total. The van der Waals surface area contributed by atoms with Gasteiger partial charge in [-0.25, -0.2) is 4.39 Å². The summed E-state index contributed by atoms with van der Waals surface area (Å²) in [5, 5.41) is 2.16. The number of Topliss-reactive ketones (excluding diaryl/α,β-unsaturated/α-hetero) is 1. The van der Waals surface area contributed by atoms with Gasteiger partial charge in [0.25, 0.3) is 0 Å². The predicted molar refractivity (Wildman–Crippen MR) is 107 cm³/mol. The number of likely N-dealkylation sites (tertiary alicyclic amines) is 1. The number of fused-ring (bicyclic) bond motifs is 1. The van der Waals surface area contributed by atoms with Crippen molar-refractivity contribution in [1.29, 1.82) is 0 Å². The van der Waals surface area contributed by atoms with Crippen molar-refractivity contribution in [1.82, 2.24) is 14.9 Å². The van der Waals surface area contributed by atoms with Crippen LogP contribution in [0.2, 0.25) is 0 Å². The highest BCUT2D eigenvalue weighted by atomic mass is 32.1. The lowest BCUT2D eigenvalue weighted by Gasteiger charge is -2.30. The van der Waals surface area contributed by atoms with Gasteiger partial charge in [0.1, 0.15) is 12.5 Å². The summed E-state index contributed by atoms with van der Waals surface area (Å²) in [6, 6.07) is 8.29. The summed E-state index contributed by atoms with van der Waals surface area (Å²) in [6.07, 6.45) is 5.73. The fourth-order valence-corrected chi connectivity index (χ4v) is 4.34. The van der Waals surface area contributed by atoms with Crippen LogP contribution in [0.1, 0.15) is 18.5 Å². The summed E-state index contributed by atoms with van der Waals surface area (Å²) in [5.41, 5.74) is 3.78. The van der Waals surface area contributed by atoms with E-state index in [0.29, 0.717) is 13.0 Å². The van der Waals surface area contributed by atoms with E-state index < -0.39 is 0 Å². The van der Waals surface area contributed by atoms with E-state index in [1.165, 1.54) is 0 Å². The maximum Gasteiger partial charge on any atom is 0.142 e. The first-order valence-electron chi connectivity index (χ1n) is 9.31. The van der Waals surface area contributed by atoms with E-state index >= 15 is 0 Å². The zero-order valence-corrected chi connectivity index (χ0v) is 15.9. The van der Waals surface area contributed by atoms with E-state index in [1.807, 2.05) is 24.0 Å². The van der Waals surface area contributed by atoms with Crippen molar-refractivity contribution in [3.05, 3.63) is 47.9 Å². The second kappa shape index (κ2) is 8.23. The summed E-state index contributed by atoms with van der Waals surface area (Å²) in [7, 11) is 0. The summed E-state index contributed by atoms with van der Waals surface area (Å²) in [6.45, 7) is 1.78. The minimum Gasteiger partial charge on any atom is -0.301 e. The molecular formula is C21H22FN3OS. The molecule has 0 atom stereocenters. The summed E-state index contributed by atoms with van der Waals surface area (Å²) >= 11 is 1.61. The van der Waals surface area contributed by atoms with Crippen LogP contribution in [0.15, 0.2) is 42.2 Å². The first-order valence-corrected chi connectivity index (χ1v) is 10.2. The molecule has 4 rings (SSSR count). The number of nitrogens with zero attached hydrogens (tertiary/aromatic N) is 3. The Morgan fingerprint density at radius 2 is 2.04 bits per heavy atom. The molecule has 6 heteroatoms. The largest absolute Gasteiger partial charge is 0.301 e. The van der Waals surface area contributed by atoms with Crippen LogP contribution in [0.25, 0.3) is 21.2 Å². The number of rotatable bonds is 6. The number of thiazole rings is 1. The maximum atomic E-state index is 12.7. The average molecular weight is 383 g/mol. The van der Waals surface area contributed by atoms with Gasteiger partial charge in [-0.05, 0) is 49.0 Å². The summed E-state index contributed by atoms with van der Waals surface area (Å²) < 4.78 is 12.4. The number of hydrogen-bond donors (Lipinski definition) is 0. The number of alkyl halides is 1. The van der Waals surface area contributed by atoms with Gasteiger partial charge in [-0.1, -0.05) is 12.1 Å². The number of carbonyl (C=O) groups is 1. The van der Waals surface area contributed by atoms with E-state index in [9.17, 15) is 9.18 Å². The predicted octanol–water partition coefficient (Wildman–Crippen LogP) is 4.15. The van der Waals surface area contributed by atoms with Crippen LogP contribution in [-0.4, -0.2) is 47.0 Å². The highest BCUT2D eigenvalue weighted by Gasteiger charge is 2.25. The highest BCUT2D eigenvalue weighted by Crippen LogP contribution is 2.27. The monoisotopic (exact) mass is 383 g/mol. The lowest BCUT2D eigenvalue weighted by molar-refractivity contribution is -0.123. The van der Waals surface area contributed by atoms with E-state index in [-0.39, 0.29) is 18.4 Å². The van der Waals surface area contributed by atoms with Crippen LogP contribution in [0.5, 0.6) is 0 Å². The summed E-state index contributed by atoms with van der Waals surface area (Å²) in [5.74, 6) is 0.322. The van der Waals surface area contributed by atoms with Gasteiger partial charge in [0.15, 0.2) is 0 Å². The van der Waals surface area contributed by atoms with Crippen LogP contribution in [0.3, 0.4) is 0 Å². The van der Waals surface area contributed by atoms with Gasteiger partial charge in [0.05, 0.1) is 10.4 Å². The number of ketones is 1. The molecular weight excluding hydrogens is 361 g/mol. The number of carbonyl (C=O) groups excluding carboxylic acids is 1. The first kappa shape index (κ1) is 18.2. The molecule has 0 N–H and O–H groups in total. The number of pyridine rings is 1. The first-order chi connectivity index (χ1) is 13.2. The highest BCUT2D eigenvalue weighted by molar-refractivity contribution is 7.13. The summed E-state index contributed by atoms with van der Waals surface area (Å²) in [4.78, 5) is 24.5. The second-order valence-corrected chi connectivity index (χ2v) is 7.94. The molecule has 27 heavy (non-hydrogen) atoms. The molecule has 0 aliphatic carbocycles. The van der Waals surface area contributed by atoms with Crippen molar-refractivity contribution >= 4 is 27.9 Å². The molecule has 140 valence electrons. The number of halogens is 1. The van der Waals surface area contributed by atoms with Gasteiger partial charge in [-0.2, -0.15) is 0 Å². The van der Waals surface area contributed by atoms with E-state index in [4.69, 9.17) is 0 Å². The number of aromatic nitrogens is 2. The van der Waals surface area contributed by atoms with Gasteiger partial charge in [-0.15, -0.1) is 11.3 Å². The Kier molecular flexibility index (Phi) is 5.55. The zero-order valence-electron chi connectivity index (χ0n) is 15.1. The molecule has 3 aromatic rings. The van der Waals surface area contributed by atoms with Crippen LogP contribution in [-0.2, 0) is 11.2 Å². The Morgan fingerprint density at radius 3 is 2.78 bits per heavy atom. The molecule has 1 aromatic carbocycles. The third kappa shape index (κ3) is 4.22. The zero-order chi connectivity index (χ0) is 18.6. The Labute approximate surface area is 162 Å². The standard InChI is InChI=1S/C21H22FN3OS/c22-5-8-25-6-3-15(4-7-25)20(26)11-19-10-18-9-16(21-13-23-14-27-21)1-2-17(18)12-24-19/h1-2,9-10,12-15H,3-8,11H2. The van der Waals surface area contributed by atoms with Gasteiger partial charge in [0, 0.05) is 42.4 Å². The maximum absolute atomic E-state index is 12.7. The van der Waals surface area contributed by atoms with E-state index in [0.717, 1.165) is 52.8 Å². The van der Waals surface area contributed by atoms with E-state index in [2.05, 4.69) is 33.1 Å².